The summed E-state index contributed by atoms with van der Waals surface area (Å²) in [5.41, 5.74) is 2.40. The quantitative estimate of drug-likeness (QED) is 0.821. The Labute approximate surface area is 114 Å². The zero-order valence-electron chi connectivity index (χ0n) is 11.7. The van der Waals surface area contributed by atoms with E-state index in [1.807, 2.05) is 26.0 Å². The minimum Gasteiger partial charge on any atom is -0.351 e. The molecule has 19 heavy (non-hydrogen) atoms. The van der Waals surface area contributed by atoms with E-state index in [0.717, 1.165) is 44.1 Å². The summed E-state index contributed by atoms with van der Waals surface area (Å²) in [5.74, 6) is -0.0277. The number of pyridine rings is 1. The Morgan fingerprint density at radius 3 is 2.79 bits per heavy atom. The first-order valence-corrected chi connectivity index (χ1v) is 6.82. The number of hydrogen-bond acceptors (Lipinski definition) is 4. The van der Waals surface area contributed by atoms with Gasteiger partial charge in [-0.3, -0.25) is 14.7 Å². The average Bonchev–Trinajstić information content (AvgIpc) is 2.39. The topological polar surface area (TPSA) is 57.3 Å². The van der Waals surface area contributed by atoms with Crippen molar-refractivity contribution in [2.45, 2.75) is 13.8 Å². The standard InChI is InChI=1S/C14H22N4O/c1-11-3-4-13(12(2)17-11)14(19)16-7-10-18-8-5-15-6-9-18/h3-4,15H,5-10H2,1-2H3,(H,16,19). The van der Waals surface area contributed by atoms with Crippen LogP contribution in [0, 0.1) is 13.8 Å². The van der Waals surface area contributed by atoms with E-state index < -0.39 is 0 Å². The molecule has 0 radical (unpaired) electrons. The Morgan fingerprint density at radius 2 is 2.11 bits per heavy atom. The van der Waals surface area contributed by atoms with Crippen molar-refractivity contribution >= 4 is 5.91 Å². The summed E-state index contributed by atoms with van der Waals surface area (Å²) in [4.78, 5) is 18.7. The minimum atomic E-state index is -0.0277. The van der Waals surface area contributed by atoms with Crippen molar-refractivity contribution in [1.29, 1.82) is 0 Å². The molecule has 1 fully saturated rings. The van der Waals surface area contributed by atoms with E-state index in [9.17, 15) is 4.79 Å². The summed E-state index contributed by atoms with van der Waals surface area (Å²) in [6.07, 6.45) is 0. The summed E-state index contributed by atoms with van der Waals surface area (Å²) >= 11 is 0. The maximum Gasteiger partial charge on any atom is 0.253 e. The molecule has 2 heterocycles. The lowest BCUT2D eigenvalue weighted by Crippen LogP contribution is -2.46. The molecule has 5 heteroatoms. The second-order valence-corrected chi connectivity index (χ2v) is 4.93. The van der Waals surface area contributed by atoms with Crippen LogP contribution in [-0.2, 0) is 0 Å². The first kappa shape index (κ1) is 14.0. The van der Waals surface area contributed by atoms with E-state index in [4.69, 9.17) is 0 Å². The zero-order chi connectivity index (χ0) is 13.7. The highest BCUT2D eigenvalue weighted by atomic mass is 16.1. The van der Waals surface area contributed by atoms with Crippen LogP contribution in [0.3, 0.4) is 0 Å². The molecule has 2 N–H and O–H groups in total. The van der Waals surface area contributed by atoms with Crippen LogP contribution in [0.5, 0.6) is 0 Å². The lowest BCUT2D eigenvalue weighted by molar-refractivity contribution is 0.0946. The highest BCUT2D eigenvalue weighted by Crippen LogP contribution is 2.06. The lowest BCUT2D eigenvalue weighted by Gasteiger charge is -2.27. The van der Waals surface area contributed by atoms with E-state index >= 15 is 0 Å². The molecule has 1 aliphatic rings. The largest absolute Gasteiger partial charge is 0.351 e. The molecule has 1 amide bonds. The lowest BCUT2D eigenvalue weighted by atomic mass is 10.1. The summed E-state index contributed by atoms with van der Waals surface area (Å²) in [5, 5.41) is 6.28. The van der Waals surface area contributed by atoms with E-state index in [1.165, 1.54) is 0 Å². The number of carbonyl (C=O) groups excluding carboxylic acids is 1. The Bertz CT molecular complexity index is 441. The number of aryl methyl sites for hydroxylation is 2. The molecule has 0 bridgehead atoms. The van der Waals surface area contributed by atoms with Crippen LogP contribution in [0.15, 0.2) is 12.1 Å². The van der Waals surface area contributed by atoms with E-state index in [-0.39, 0.29) is 5.91 Å². The number of aromatic nitrogens is 1. The summed E-state index contributed by atoms with van der Waals surface area (Å²) in [7, 11) is 0. The van der Waals surface area contributed by atoms with Crippen molar-refractivity contribution in [3.05, 3.63) is 29.1 Å². The molecule has 0 aliphatic carbocycles. The van der Waals surface area contributed by atoms with E-state index in [1.54, 1.807) is 0 Å². The van der Waals surface area contributed by atoms with Gasteiger partial charge in [0, 0.05) is 45.0 Å². The number of amides is 1. The molecular formula is C14H22N4O. The van der Waals surface area contributed by atoms with Crippen LogP contribution < -0.4 is 10.6 Å². The van der Waals surface area contributed by atoms with Gasteiger partial charge in [-0.25, -0.2) is 0 Å². The Kier molecular flexibility index (Phi) is 4.87. The van der Waals surface area contributed by atoms with Gasteiger partial charge in [0.2, 0.25) is 0 Å². The van der Waals surface area contributed by atoms with Crippen molar-refractivity contribution in [3.8, 4) is 0 Å². The molecule has 2 rings (SSSR count). The van der Waals surface area contributed by atoms with Gasteiger partial charge in [-0.15, -0.1) is 0 Å². The fraction of sp³-hybridized carbons (Fsp3) is 0.571. The highest BCUT2D eigenvalue weighted by Gasteiger charge is 2.12. The number of carbonyl (C=O) groups is 1. The molecule has 0 aromatic carbocycles. The van der Waals surface area contributed by atoms with Gasteiger partial charge in [-0.1, -0.05) is 0 Å². The minimum absolute atomic E-state index is 0.0277. The van der Waals surface area contributed by atoms with Gasteiger partial charge in [0.05, 0.1) is 11.3 Å². The third-order valence-electron chi connectivity index (χ3n) is 3.39. The van der Waals surface area contributed by atoms with Crippen molar-refractivity contribution in [2.24, 2.45) is 0 Å². The maximum atomic E-state index is 12.0. The van der Waals surface area contributed by atoms with Gasteiger partial charge in [-0.2, -0.15) is 0 Å². The van der Waals surface area contributed by atoms with Crippen molar-refractivity contribution in [1.82, 2.24) is 20.5 Å². The predicted octanol–water partition coefficient (Wildman–Crippen LogP) is 0.333. The van der Waals surface area contributed by atoms with Crippen molar-refractivity contribution < 1.29 is 4.79 Å². The monoisotopic (exact) mass is 262 g/mol. The molecule has 0 saturated carbocycles. The van der Waals surface area contributed by atoms with Gasteiger partial charge in [0.25, 0.3) is 5.91 Å². The summed E-state index contributed by atoms with van der Waals surface area (Å²) in [6.45, 7) is 9.58. The second kappa shape index (κ2) is 6.63. The van der Waals surface area contributed by atoms with Gasteiger partial charge in [0.15, 0.2) is 0 Å². The third-order valence-corrected chi connectivity index (χ3v) is 3.39. The first-order valence-electron chi connectivity index (χ1n) is 6.82. The van der Waals surface area contributed by atoms with Crippen LogP contribution in [0.25, 0.3) is 0 Å². The van der Waals surface area contributed by atoms with Crippen molar-refractivity contribution in [2.75, 3.05) is 39.3 Å². The molecule has 0 unspecified atom stereocenters. The number of nitrogens with zero attached hydrogens (tertiary/aromatic N) is 2. The van der Waals surface area contributed by atoms with E-state index in [0.29, 0.717) is 12.1 Å². The van der Waals surface area contributed by atoms with Gasteiger partial charge >= 0.3 is 0 Å². The third kappa shape index (κ3) is 4.01. The molecule has 1 aromatic heterocycles. The molecule has 104 valence electrons. The van der Waals surface area contributed by atoms with Crippen LogP contribution in [0.1, 0.15) is 21.7 Å². The molecule has 1 aromatic rings. The van der Waals surface area contributed by atoms with Gasteiger partial charge in [-0.05, 0) is 26.0 Å². The van der Waals surface area contributed by atoms with Gasteiger partial charge in [0.1, 0.15) is 0 Å². The predicted molar refractivity (Wildman–Crippen MR) is 75.4 cm³/mol. The molecule has 1 saturated heterocycles. The number of rotatable bonds is 4. The molecule has 1 aliphatic heterocycles. The number of hydrogen-bond donors (Lipinski definition) is 2. The molecule has 0 spiro atoms. The van der Waals surface area contributed by atoms with Crippen LogP contribution in [0.2, 0.25) is 0 Å². The Balaban J connectivity index is 1.80. The van der Waals surface area contributed by atoms with E-state index in [2.05, 4.69) is 20.5 Å². The number of nitrogens with one attached hydrogen (secondary N) is 2. The fourth-order valence-electron chi connectivity index (χ4n) is 2.28. The normalized spacial score (nSPS) is 16.3. The first-order chi connectivity index (χ1) is 9.16. The smallest absolute Gasteiger partial charge is 0.253 e. The highest BCUT2D eigenvalue weighted by molar-refractivity contribution is 5.95. The van der Waals surface area contributed by atoms with Crippen LogP contribution in [-0.4, -0.2) is 55.1 Å². The molecular weight excluding hydrogens is 240 g/mol. The summed E-state index contributed by atoms with van der Waals surface area (Å²) in [6, 6.07) is 3.72. The molecule has 0 atom stereocenters. The summed E-state index contributed by atoms with van der Waals surface area (Å²) < 4.78 is 0. The fourth-order valence-corrected chi connectivity index (χ4v) is 2.28. The van der Waals surface area contributed by atoms with Crippen molar-refractivity contribution in [3.63, 3.8) is 0 Å². The Morgan fingerprint density at radius 1 is 1.37 bits per heavy atom. The molecule has 5 nitrogen and oxygen atoms in total. The number of piperazine rings is 1. The SMILES string of the molecule is Cc1ccc(C(=O)NCCN2CCNCC2)c(C)n1. The van der Waals surface area contributed by atoms with Gasteiger partial charge < -0.3 is 10.6 Å². The average molecular weight is 262 g/mol. The second-order valence-electron chi connectivity index (χ2n) is 4.93. The van der Waals surface area contributed by atoms with Crippen LogP contribution >= 0.6 is 0 Å². The maximum absolute atomic E-state index is 12.0. The Hall–Kier alpha value is -1.46. The van der Waals surface area contributed by atoms with Crippen LogP contribution in [0.4, 0.5) is 0 Å². The zero-order valence-corrected chi connectivity index (χ0v) is 11.7.